The zero-order chi connectivity index (χ0) is 20.9. The first-order chi connectivity index (χ1) is 14.6. The van der Waals surface area contributed by atoms with Gasteiger partial charge in [0.2, 0.25) is 0 Å². The fraction of sp³-hybridized carbons (Fsp3) is 0.346. The van der Waals surface area contributed by atoms with Gasteiger partial charge in [0.25, 0.3) is 5.91 Å². The van der Waals surface area contributed by atoms with Gasteiger partial charge in [-0.1, -0.05) is 49.4 Å². The molecule has 0 unspecified atom stereocenters. The van der Waals surface area contributed by atoms with E-state index in [1.165, 1.54) is 18.5 Å². The van der Waals surface area contributed by atoms with Gasteiger partial charge in [0, 0.05) is 18.8 Å². The summed E-state index contributed by atoms with van der Waals surface area (Å²) in [6.07, 6.45) is 2.51. The Morgan fingerprint density at radius 2 is 1.73 bits per heavy atom. The number of benzene rings is 3. The van der Waals surface area contributed by atoms with Crippen molar-refractivity contribution in [1.29, 1.82) is 0 Å². The number of hydrogen-bond acceptors (Lipinski definition) is 3. The molecule has 4 nitrogen and oxygen atoms in total. The Kier molecular flexibility index (Phi) is 6.22. The van der Waals surface area contributed by atoms with Gasteiger partial charge in [-0.3, -0.25) is 4.79 Å². The molecular formula is C26H30N2O2. The quantitative estimate of drug-likeness (QED) is 0.606. The number of nitrogens with one attached hydrogen (secondary N) is 1. The van der Waals surface area contributed by atoms with Crippen LogP contribution in [0, 0.1) is 5.92 Å². The van der Waals surface area contributed by atoms with E-state index in [-0.39, 0.29) is 18.6 Å². The Hall–Kier alpha value is -3.01. The Bertz CT molecular complexity index is 991. The minimum Gasteiger partial charge on any atom is -0.484 e. The van der Waals surface area contributed by atoms with Crippen molar-refractivity contribution in [3.63, 3.8) is 0 Å². The van der Waals surface area contributed by atoms with E-state index in [4.69, 9.17) is 4.74 Å². The van der Waals surface area contributed by atoms with E-state index in [9.17, 15) is 4.79 Å². The Morgan fingerprint density at radius 3 is 2.47 bits per heavy atom. The summed E-state index contributed by atoms with van der Waals surface area (Å²) in [5.41, 5.74) is 2.37. The van der Waals surface area contributed by atoms with Crippen LogP contribution in [0.4, 0.5) is 5.69 Å². The Balaban J connectivity index is 1.29. The highest BCUT2D eigenvalue weighted by atomic mass is 16.5. The molecule has 1 atom stereocenters. The molecule has 4 rings (SSSR count). The second-order valence-corrected chi connectivity index (χ2v) is 8.35. The third-order valence-corrected chi connectivity index (χ3v) is 6.01. The molecule has 0 aromatic heterocycles. The third kappa shape index (κ3) is 4.93. The predicted octanol–water partition coefficient (Wildman–Crippen LogP) is 5.33. The maximum atomic E-state index is 12.4. The smallest absolute Gasteiger partial charge is 0.258 e. The van der Waals surface area contributed by atoms with Crippen LogP contribution in [-0.2, 0) is 4.79 Å². The highest BCUT2D eigenvalue weighted by Gasteiger charge is 2.16. The number of nitrogens with zero attached hydrogens (tertiary/aromatic N) is 1. The van der Waals surface area contributed by atoms with Crippen molar-refractivity contribution in [2.45, 2.75) is 32.7 Å². The predicted molar refractivity (Wildman–Crippen MR) is 123 cm³/mol. The highest BCUT2D eigenvalue weighted by Crippen LogP contribution is 2.25. The molecular weight excluding hydrogens is 372 g/mol. The molecule has 3 aromatic rings. The summed E-state index contributed by atoms with van der Waals surface area (Å²) in [5, 5.41) is 5.29. The van der Waals surface area contributed by atoms with Gasteiger partial charge in [-0.25, -0.2) is 0 Å². The van der Waals surface area contributed by atoms with Gasteiger partial charge in [0.05, 0.1) is 6.04 Å². The highest BCUT2D eigenvalue weighted by molar-refractivity contribution is 5.84. The second-order valence-electron chi connectivity index (χ2n) is 8.35. The first-order valence-corrected chi connectivity index (χ1v) is 10.8. The molecule has 4 heteroatoms. The van der Waals surface area contributed by atoms with Crippen LogP contribution < -0.4 is 15.0 Å². The topological polar surface area (TPSA) is 41.6 Å². The van der Waals surface area contributed by atoms with Gasteiger partial charge in [-0.05, 0) is 66.3 Å². The number of hydrogen-bond donors (Lipinski definition) is 1. The van der Waals surface area contributed by atoms with Crippen molar-refractivity contribution < 1.29 is 9.53 Å². The number of carbonyl (C=O) groups excluding carboxylic acids is 1. The van der Waals surface area contributed by atoms with Gasteiger partial charge in [-0.15, -0.1) is 0 Å². The molecule has 1 fully saturated rings. The van der Waals surface area contributed by atoms with Gasteiger partial charge >= 0.3 is 0 Å². The van der Waals surface area contributed by atoms with E-state index in [0.717, 1.165) is 35.3 Å². The summed E-state index contributed by atoms with van der Waals surface area (Å²) < 4.78 is 5.70. The fourth-order valence-corrected chi connectivity index (χ4v) is 4.01. The molecule has 0 bridgehead atoms. The van der Waals surface area contributed by atoms with Crippen LogP contribution in [0.15, 0.2) is 66.7 Å². The van der Waals surface area contributed by atoms with Crippen LogP contribution in [0.1, 0.15) is 38.3 Å². The summed E-state index contributed by atoms with van der Waals surface area (Å²) in [7, 11) is 0. The number of anilines is 1. The molecule has 1 heterocycles. The SMILES string of the molecule is CC1CCN(c2ccc([C@H](C)NC(=O)COc3ccc4ccccc4c3)cc2)CC1. The monoisotopic (exact) mass is 402 g/mol. The van der Waals surface area contributed by atoms with Gasteiger partial charge < -0.3 is 15.0 Å². The zero-order valence-corrected chi connectivity index (χ0v) is 17.8. The van der Waals surface area contributed by atoms with Crippen molar-refractivity contribution in [1.82, 2.24) is 5.32 Å². The second kappa shape index (κ2) is 9.21. The van der Waals surface area contributed by atoms with Crippen LogP contribution in [0.2, 0.25) is 0 Å². The van der Waals surface area contributed by atoms with E-state index < -0.39 is 0 Å². The number of carbonyl (C=O) groups is 1. The molecule has 1 aliphatic rings. The summed E-state index contributed by atoms with van der Waals surface area (Å²) in [6.45, 7) is 6.59. The molecule has 1 saturated heterocycles. The van der Waals surface area contributed by atoms with Crippen molar-refractivity contribution in [3.05, 3.63) is 72.3 Å². The van der Waals surface area contributed by atoms with Crippen molar-refractivity contribution in [3.8, 4) is 5.75 Å². The largest absolute Gasteiger partial charge is 0.484 e. The molecule has 1 amide bonds. The van der Waals surface area contributed by atoms with Crippen LogP contribution in [0.3, 0.4) is 0 Å². The molecule has 0 spiro atoms. The van der Waals surface area contributed by atoms with E-state index >= 15 is 0 Å². The van der Waals surface area contributed by atoms with E-state index in [0.29, 0.717) is 5.75 Å². The van der Waals surface area contributed by atoms with E-state index in [1.54, 1.807) is 0 Å². The number of rotatable bonds is 6. The third-order valence-electron chi connectivity index (χ3n) is 6.01. The van der Waals surface area contributed by atoms with Crippen molar-refractivity contribution >= 4 is 22.4 Å². The van der Waals surface area contributed by atoms with Gasteiger partial charge in [0.1, 0.15) is 5.75 Å². The molecule has 30 heavy (non-hydrogen) atoms. The number of fused-ring (bicyclic) bond motifs is 1. The zero-order valence-electron chi connectivity index (χ0n) is 17.8. The first-order valence-electron chi connectivity index (χ1n) is 10.8. The lowest BCUT2D eigenvalue weighted by molar-refractivity contribution is -0.123. The number of piperidine rings is 1. The molecule has 0 radical (unpaired) electrons. The van der Waals surface area contributed by atoms with Crippen molar-refractivity contribution in [2.24, 2.45) is 5.92 Å². The normalized spacial score (nSPS) is 15.7. The molecule has 1 N–H and O–H groups in total. The average molecular weight is 403 g/mol. The molecule has 0 saturated carbocycles. The lowest BCUT2D eigenvalue weighted by Gasteiger charge is -2.32. The summed E-state index contributed by atoms with van der Waals surface area (Å²) in [5.74, 6) is 1.41. The lowest BCUT2D eigenvalue weighted by atomic mass is 9.98. The Morgan fingerprint density at radius 1 is 1.03 bits per heavy atom. The van der Waals surface area contributed by atoms with Gasteiger partial charge in [-0.2, -0.15) is 0 Å². The lowest BCUT2D eigenvalue weighted by Crippen LogP contribution is -2.33. The average Bonchev–Trinajstić information content (AvgIpc) is 2.78. The number of ether oxygens (including phenoxy) is 1. The van der Waals surface area contributed by atoms with Crippen LogP contribution in [0.25, 0.3) is 10.8 Å². The summed E-state index contributed by atoms with van der Waals surface area (Å²) in [6, 6.07) is 22.5. The standard InChI is InChI=1S/C26H30N2O2/c1-19-13-15-28(16-14-19)24-10-7-21(8-11-24)20(2)27-26(29)18-30-25-12-9-22-5-3-4-6-23(22)17-25/h3-12,17,19-20H,13-16,18H2,1-2H3,(H,27,29)/t20-/m0/s1. The fourth-order valence-electron chi connectivity index (χ4n) is 4.01. The Labute approximate surface area is 178 Å². The first kappa shape index (κ1) is 20.3. The maximum absolute atomic E-state index is 12.4. The minimum atomic E-state index is -0.121. The molecule has 0 aliphatic carbocycles. The van der Waals surface area contributed by atoms with Crippen LogP contribution in [0.5, 0.6) is 5.75 Å². The van der Waals surface area contributed by atoms with E-state index in [2.05, 4.69) is 47.5 Å². The van der Waals surface area contributed by atoms with Crippen molar-refractivity contribution in [2.75, 3.05) is 24.6 Å². The maximum Gasteiger partial charge on any atom is 0.258 e. The minimum absolute atomic E-state index is 0.00667. The van der Waals surface area contributed by atoms with Crippen LogP contribution in [-0.4, -0.2) is 25.6 Å². The molecule has 156 valence electrons. The summed E-state index contributed by atoms with van der Waals surface area (Å²) in [4.78, 5) is 14.8. The summed E-state index contributed by atoms with van der Waals surface area (Å²) >= 11 is 0. The van der Waals surface area contributed by atoms with Crippen LogP contribution >= 0.6 is 0 Å². The van der Waals surface area contributed by atoms with Gasteiger partial charge in [0.15, 0.2) is 6.61 Å². The van der Waals surface area contributed by atoms with E-state index in [1.807, 2.05) is 43.3 Å². The molecule has 3 aromatic carbocycles. The molecule has 1 aliphatic heterocycles. The number of amides is 1.